The smallest absolute Gasteiger partial charge is 0.0980 e. The fraction of sp³-hybridized carbons (Fsp3) is 0.231. The van der Waals surface area contributed by atoms with Crippen LogP contribution in [0.15, 0.2) is 61.9 Å². The SMILES string of the molecule is C=C/C=C(C=C)/C=C/N1CCNC1C=C. The molecule has 2 nitrogen and oxygen atoms in total. The maximum Gasteiger partial charge on any atom is 0.0980 e. The van der Waals surface area contributed by atoms with Crippen molar-refractivity contribution in [1.29, 1.82) is 0 Å². The summed E-state index contributed by atoms with van der Waals surface area (Å²) in [4.78, 5) is 2.20. The molecule has 1 saturated heterocycles. The summed E-state index contributed by atoms with van der Waals surface area (Å²) >= 11 is 0. The van der Waals surface area contributed by atoms with Gasteiger partial charge in [-0.3, -0.25) is 5.32 Å². The minimum absolute atomic E-state index is 0.246. The second kappa shape index (κ2) is 6.04. The van der Waals surface area contributed by atoms with Gasteiger partial charge in [0, 0.05) is 19.3 Å². The highest BCUT2D eigenvalue weighted by Crippen LogP contribution is 2.07. The normalized spacial score (nSPS) is 22.0. The Morgan fingerprint density at radius 1 is 1.33 bits per heavy atom. The van der Waals surface area contributed by atoms with Crippen LogP contribution >= 0.6 is 0 Å². The molecule has 0 bridgehead atoms. The molecule has 1 unspecified atom stereocenters. The van der Waals surface area contributed by atoms with E-state index in [1.54, 1.807) is 6.08 Å². The highest BCUT2D eigenvalue weighted by Gasteiger charge is 2.16. The van der Waals surface area contributed by atoms with Crippen molar-refractivity contribution >= 4 is 0 Å². The Balaban J connectivity index is 2.63. The molecule has 0 aromatic heterocycles. The fourth-order valence-electron chi connectivity index (χ4n) is 1.49. The first kappa shape index (κ1) is 11.5. The minimum atomic E-state index is 0.246. The van der Waals surface area contributed by atoms with Crippen molar-refractivity contribution in [2.24, 2.45) is 0 Å². The molecule has 1 rings (SSSR count). The van der Waals surface area contributed by atoms with Crippen LogP contribution < -0.4 is 5.32 Å². The topological polar surface area (TPSA) is 15.3 Å². The lowest BCUT2D eigenvalue weighted by Gasteiger charge is -2.18. The Morgan fingerprint density at radius 3 is 2.73 bits per heavy atom. The second-order valence-corrected chi connectivity index (χ2v) is 3.29. The maximum atomic E-state index is 3.79. The lowest BCUT2D eigenvalue weighted by atomic mass is 10.2. The Labute approximate surface area is 92.0 Å². The molecule has 80 valence electrons. The molecule has 1 atom stereocenters. The molecule has 1 aliphatic rings. The summed E-state index contributed by atoms with van der Waals surface area (Å²) in [6.07, 6.45) is 11.7. The van der Waals surface area contributed by atoms with Gasteiger partial charge in [-0.2, -0.15) is 0 Å². The highest BCUT2D eigenvalue weighted by atomic mass is 15.3. The van der Waals surface area contributed by atoms with Crippen LogP contribution in [0.3, 0.4) is 0 Å². The molecule has 0 saturated carbocycles. The summed E-state index contributed by atoms with van der Waals surface area (Å²) in [6.45, 7) is 13.2. The van der Waals surface area contributed by atoms with Gasteiger partial charge in [-0.1, -0.05) is 44.0 Å². The molecule has 0 amide bonds. The summed E-state index contributed by atoms with van der Waals surface area (Å²) in [7, 11) is 0. The van der Waals surface area contributed by atoms with Gasteiger partial charge >= 0.3 is 0 Å². The third-order valence-corrected chi connectivity index (χ3v) is 2.31. The number of hydrogen-bond donors (Lipinski definition) is 1. The van der Waals surface area contributed by atoms with E-state index in [1.807, 2.05) is 24.3 Å². The zero-order chi connectivity index (χ0) is 11.1. The van der Waals surface area contributed by atoms with E-state index >= 15 is 0 Å². The summed E-state index contributed by atoms with van der Waals surface area (Å²) in [5.41, 5.74) is 1.06. The molecule has 0 aromatic rings. The second-order valence-electron chi connectivity index (χ2n) is 3.29. The molecule has 2 heteroatoms. The van der Waals surface area contributed by atoms with Crippen molar-refractivity contribution in [1.82, 2.24) is 10.2 Å². The maximum absolute atomic E-state index is 3.79. The van der Waals surface area contributed by atoms with Crippen LogP contribution in [0, 0.1) is 0 Å². The van der Waals surface area contributed by atoms with Gasteiger partial charge in [-0.25, -0.2) is 0 Å². The number of nitrogens with zero attached hydrogens (tertiary/aromatic N) is 1. The summed E-state index contributed by atoms with van der Waals surface area (Å²) in [5.74, 6) is 0. The number of hydrogen-bond acceptors (Lipinski definition) is 2. The average molecular weight is 202 g/mol. The number of nitrogens with one attached hydrogen (secondary N) is 1. The molecule has 1 fully saturated rings. The van der Waals surface area contributed by atoms with Gasteiger partial charge in [0.1, 0.15) is 0 Å². The van der Waals surface area contributed by atoms with Gasteiger partial charge in [0.25, 0.3) is 0 Å². The van der Waals surface area contributed by atoms with E-state index in [2.05, 4.69) is 36.2 Å². The minimum Gasteiger partial charge on any atom is -0.357 e. The standard InChI is InChI=1S/C13H18N2/c1-4-7-12(5-2)8-10-15-11-9-14-13(15)6-3/h4-8,10,13-14H,1-3,9,11H2/b10-8+,12-7+. The number of rotatable bonds is 5. The van der Waals surface area contributed by atoms with E-state index in [0.717, 1.165) is 18.7 Å². The van der Waals surface area contributed by atoms with E-state index in [9.17, 15) is 0 Å². The van der Waals surface area contributed by atoms with Gasteiger partial charge in [0.15, 0.2) is 0 Å². The monoisotopic (exact) mass is 202 g/mol. The molecular weight excluding hydrogens is 184 g/mol. The van der Waals surface area contributed by atoms with Gasteiger partial charge < -0.3 is 4.90 Å². The van der Waals surface area contributed by atoms with Crippen molar-refractivity contribution in [2.75, 3.05) is 13.1 Å². The van der Waals surface area contributed by atoms with E-state index in [1.165, 1.54) is 0 Å². The van der Waals surface area contributed by atoms with E-state index in [-0.39, 0.29) is 6.17 Å². The lowest BCUT2D eigenvalue weighted by molar-refractivity contribution is 0.387. The first-order chi connectivity index (χ1) is 7.31. The Hall–Kier alpha value is -1.54. The van der Waals surface area contributed by atoms with Crippen molar-refractivity contribution in [3.8, 4) is 0 Å². The third kappa shape index (κ3) is 3.26. The molecule has 0 spiro atoms. The van der Waals surface area contributed by atoms with Crippen molar-refractivity contribution in [3.63, 3.8) is 0 Å². The predicted molar refractivity (Wildman–Crippen MR) is 66.3 cm³/mol. The first-order valence-corrected chi connectivity index (χ1v) is 5.07. The van der Waals surface area contributed by atoms with Crippen LogP contribution in [0.4, 0.5) is 0 Å². The summed E-state index contributed by atoms with van der Waals surface area (Å²) < 4.78 is 0. The van der Waals surface area contributed by atoms with Crippen LogP contribution in [-0.4, -0.2) is 24.2 Å². The fourth-order valence-corrected chi connectivity index (χ4v) is 1.49. The number of allylic oxidation sites excluding steroid dienone is 5. The molecule has 0 aliphatic carbocycles. The molecule has 1 N–H and O–H groups in total. The summed E-state index contributed by atoms with van der Waals surface area (Å²) in [6, 6.07) is 0. The van der Waals surface area contributed by atoms with Crippen LogP contribution in [0.2, 0.25) is 0 Å². The van der Waals surface area contributed by atoms with Crippen molar-refractivity contribution < 1.29 is 0 Å². The summed E-state index contributed by atoms with van der Waals surface area (Å²) in [5, 5.41) is 3.32. The van der Waals surface area contributed by atoms with Crippen LogP contribution in [-0.2, 0) is 0 Å². The average Bonchev–Trinajstić information content (AvgIpc) is 2.71. The van der Waals surface area contributed by atoms with Gasteiger partial charge in [0.05, 0.1) is 6.17 Å². The largest absolute Gasteiger partial charge is 0.357 e. The lowest BCUT2D eigenvalue weighted by Crippen LogP contribution is -2.29. The van der Waals surface area contributed by atoms with Gasteiger partial charge in [-0.15, -0.1) is 0 Å². The zero-order valence-corrected chi connectivity index (χ0v) is 9.02. The van der Waals surface area contributed by atoms with Gasteiger partial charge in [0.2, 0.25) is 0 Å². The van der Waals surface area contributed by atoms with E-state index < -0.39 is 0 Å². The van der Waals surface area contributed by atoms with E-state index in [0.29, 0.717) is 0 Å². The molecule has 1 heterocycles. The molecular formula is C13H18N2. The Kier molecular flexibility index (Phi) is 4.64. The van der Waals surface area contributed by atoms with Gasteiger partial charge in [-0.05, 0) is 11.6 Å². The zero-order valence-electron chi connectivity index (χ0n) is 9.02. The van der Waals surface area contributed by atoms with Crippen LogP contribution in [0.5, 0.6) is 0 Å². The quantitative estimate of drug-likeness (QED) is 0.543. The van der Waals surface area contributed by atoms with Crippen LogP contribution in [0.1, 0.15) is 0 Å². The molecule has 15 heavy (non-hydrogen) atoms. The van der Waals surface area contributed by atoms with Crippen molar-refractivity contribution in [2.45, 2.75) is 6.17 Å². The third-order valence-electron chi connectivity index (χ3n) is 2.31. The first-order valence-electron chi connectivity index (χ1n) is 5.07. The highest BCUT2D eigenvalue weighted by molar-refractivity contribution is 5.32. The van der Waals surface area contributed by atoms with Crippen LogP contribution in [0.25, 0.3) is 0 Å². The molecule has 1 aliphatic heterocycles. The van der Waals surface area contributed by atoms with E-state index in [4.69, 9.17) is 0 Å². The molecule has 0 radical (unpaired) electrons. The van der Waals surface area contributed by atoms with Crippen molar-refractivity contribution in [3.05, 3.63) is 61.9 Å². The Bertz CT molecular complexity index is 300. The Morgan fingerprint density at radius 2 is 2.13 bits per heavy atom. The molecule has 0 aromatic carbocycles. The predicted octanol–water partition coefficient (Wildman–Crippen LogP) is 2.22.